The standard InChI is InChI=1S/C14H8Br3NO2/c1-19-13-5-11(17)14(6-10(13)16)20-12-4-9(15)3-2-8(12)7-18/h2-6H,1H3. The molecule has 0 amide bonds. The van der Waals surface area contributed by atoms with Crippen molar-refractivity contribution in [2.24, 2.45) is 0 Å². The Morgan fingerprint density at radius 3 is 2.25 bits per heavy atom. The van der Waals surface area contributed by atoms with Crippen molar-refractivity contribution in [3.8, 4) is 23.3 Å². The lowest BCUT2D eigenvalue weighted by molar-refractivity contribution is 0.409. The van der Waals surface area contributed by atoms with Crippen molar-refractivity contribution in [1.29, 1.82) is 5.26 Å². The lowest BCUT2D eigenvalue weighted by Crippen LogP contribution is -1.91. The average Bonchev–Trinajstić information content (AvgIpc) is 2.42. The maximum atomic E-state index is 9.11. The first kappa shape index (κ1) is 15.4. The smallest absolute Gasteiger partial charge is 0.146 e. The highest BCUT2D eigenvalue weighted by molar-refractivity contribution is 9.11. The zero-order valence-electron chi connectivity index (χ0n) is 10.3. The minimum atomic E-state index is 0.465. The van der Waals surface area contributed by atoms with Crippen LogP contribution in [0.1, 0.15) is 5.56 Å². The van der Waals surface area contributed by atoms with Crippen molar-refractivity contribution in [2.45, 2.75) is 0 Å². The molecule has 2 aromatic carbocycles. The van der Waals surface area contributed by atoms with E-state index in [1.54, 1.807) is 37.4 Å². The minimum Gasteiger partial charge on any atom is -0.496 e. The van der Waals surface area contributed by atoms with Gasteiger partial charge in [-0.05, 0) is 62.2 Å². The second-order valence-corrected chi connectivity index (χ2v) is 6.40. The predicted octanol–water partition coefficient (Wildman–Crippen LogP) is 5.65. The molecule has 2 aromatic rings. The summed E-state index contributed by atoms with van der Waals surface area (Å²) >= 11 is 10.2. The quantitative estimate of drug-likeness (QED) is 0.593. The van der Waals surface area contributed by atoms with Crippen molar-refractivity contribution in [2.75, 3.05) is 7.11 Å². The number of halogens is 3. The van der Waals surface area contributed by atoms with E-state index < -0.39 is 0 Å². The van der Waals surface area contributed by atoms with Gasteiger partial charge in [0, 0.05) is 4.47 Å². The summed E-state index contributed by atoms with van der Waals surface area (Å²) in [5.41, 5.74) is 0.465. The molecule has 0 unspecified atom stereocenters. The molecule has 0 aliphatic rings. The first-order valence-corrected chi connectivity index (χ1v) is 7.83. The van der Waals surface area contributed by atoms with E-state index in [1.165, 1.54) is 0 Å². The molecule has 0 bridgehead atoms. The third kappa shape index (κ3) is 3.35. The highest BCUT2D eigenvalue weighted by Crippen LogP contribution is 2.39. The van der Waals surface area contributed by atoms with E-state index in [-0.39, 0.29) is 0 Å². The zero-order chi connectivity index (χ0) is 14.7. The normalized spacial score (nSPS) is 9.95. The summed E-state index contributed by atoms with van der Waals surface area (Å²) in [4.78, 5) is 0. The van der Waals surface area contributed by atoms with Gasteiger partial charge in [0.05, 0.1) is 21.6 Å². The fourth-order valence-corrected chi connectivity index (χ4v) is 2.76. The third-order valence-corrected chi connectivity index (χ3v) is 4.22. The number of ether oxygens (including phenoxy) is 2. The molecule has 0 saturated heterocycles. The van der Waals surface area contributed by atoms with E-state index in [9.17, 15) is 0 Å². The van der Waals surface area contributed by atoms with E-state index in [0.29, 0.717) is 22.8 Å². The van der Waals surface area contributed by atoms with Crippen LogP contribution in [0.5, 0.6) is 17.2 Å². The summed E-state index contributed by atoms with van der Waals surface area (Å²) in [6.45, 7) is 0. The Hall–Kier alpha value is -1.03. The molecule has 0 fully saturated rings. The first-order valence-electron chi connectivity index (χ1n) is 5.45. The van der Waals surface area contributed by atoms with Crippen LogP contribution in [-0.2, 0) is 0 Å². The zero-order valence-corrected chi connectivity index (χ0v) is 15.0. The Balaban J connectivity index is 2.43. The summed E-state index contributed by atoms with van der Waals surface area (Å²) in [5.74, 6) is 1.77. The molecule has 0 aromatic heterocycles. The van der Waals surface area contributed by atoms with Crippen LogP contribution >= 0.6 is 47.8 Å². The molecule has 0 spiro atoms. The van der Waals surface area contributed by atoms with Gasteiger partial charge in [0.1, 0.15) is 23.3 Å². The summed E-state index contributed by atoms with van der Waals surface area (Å²) in [6.07, 6.45) is 0. The number of hydrogen-bond donors (Lipinski definition) is 0. The Kier molecular flexibility index (Phi) is 5.08. The van der Waals surface area contributed by atoms with E-state index in [1.807, 2.05) is 0 Å². The van der Waals surface area contributed by atoms with Crippen LogP contribution in [0, 0.1) is 11.3 Å². The lowest BCUT2D eigenvalue weighted by Gasteiger charge is -2.12. The van der Waals surface area contributed by atoms with Crippen LogP contribution in [0.2, 0.25) is 0 Å². The second-order valence-electron chi connectivity index (χ2n) is 3.77. The fraction of sp³-hybridized carbons (Fsp3) is 0.0714. The molecule has 6 heteroatoms. The van der Waals surface area contributed by atoms with Crippen molar-refractivity contribution in [3.05, 3.63) is 49.3 Å². The molecular formula is C14H8Br3NO2. The van der Waals surface area contributed by atoms with Gasteiger partial charge in [0.25, 0.3) is 0 Å². The van der Waals surface area contributed by atoms with Crippen LogP contribution in [0.15, 0.2) is 43.7 Å². The van der Waals surface area contributed by atoms with Gasteiger partial charge in [-0.2, -0.15) is 5.26 Å². The Morgan fingerprint density at radius 2 is 1.60 bits per heavy atom. The predicted molar refractivity (Wildman–Crippen MR) is 87.3 cm³/mol. The summed E-state index contributed by atoms with van der Waals surface area (Å²) in [7, 11) is 1.59. The number of nitrogens with zero attached hydrogens (tertiary/aromatic N) is 1. The molecular weight excluding hydrogens is 454 g/mol. The van der Waals surface area contributed by atoms with Gasteiger partial charge < -0.3 is 9.47 Å². The number of nitriles is 1. The highest BCUT2D eigenvalue weighted by atomic mass is 79.9. The van der Waals surface area contributed by atoms with Gasteiger partial charge >= 0.3 is 0 Å². The first-order chi connectivity index (χ1) is 9.55. The molecule has 102 valence electrons. The molecule has 3 nitrogen and oxygen atoms in total. The molecule has 0 saturated carbocycles. The van der Waals surface area contributed by atoms with Crippen molar-refractivity contribution in [1.82, 2.24) is 0 Å². The van der Waals surface area contributed by atoms with E-state index in [0.717, 1.165) is 13.4 Å². The van der Waals surface area contributed by atoms with Gasteiger partial charge in [0.15, 0.2) is 0 Å². The lowest BCUT2D eigenvalue weighted by atomic mass is 10.2. The Morgan fingerprint density at radius 1 is 0.950 bits per heavy atom. The van der Waals surface area contributed by atoms with Crippen molar-refractivity contribution < 1.29 is 9.47 Å². The maximum absolute atomic E-state index is 9.11. The topological polar surface area (TPSA) is 42.2 Å². The van der Waals surface area contributed by atoms with Gasteiger partial charge in [-0.3, -0.25) is 0 Å². The van der Waals surface area contributed by atoms with Gasteiger partial charge in [-0.25, -0.2) is 0 Å². The summed E-state index contributed by atoms with van der Waals surface area (Å²) in [5, 5.41) is 9.11. The number of methoxy groups -OCH3 is 1. The highest BCUT2D eigenvalue weighted by Gasteiger charge is 2.11. The molecule has 0 aliphatic carbocycles. The molecule has 0 aliphatic heterocycles. The second kappa shape index (κ2) is 6.61. The van der Waals surface area contributed by atoms with E-state index in [2.05, 4.69) is 53.9 Å². The third-order valence-electron chi connectivity index (χ3n) is 2.49. The molecule has 0 N–H and O–H groups in total. The van der Waals surface area contributed by atoms with Crippen LogP contribution in [0.4, 0.5) is 0 Å². The SMILES string of the molecule is COc1cc(Br)c(Oc2cc(Br)ccc2C#N)cc1Br. The maximum Gasteiger partial charge on any atom is 0.146 e. The summed E-state index contributed by atoms with van der Waals surface area (Å²) in [6, 6.07) is 10.9. The number of benzene rings is 2. The van der Waals surface area contributed by atoms with Crippen LogP contribution in [0.25, 0.3) is 0 Å². The molecule has 0 radical (unpaired) electrons. The number of hydrogen-bond acceptors (Lipinski definition) is 3. The van der Waals surface area contributed by atoms with Crippen molar-refractivity contribution >= 4 is 47.8 Å². The Bertz CT molecular complexity index is 696. The van der Waals surface area contributed by atoms with E-state index in [4.69, 9.17) is 14.7 Å². The largest absolute Gasteiger partial charge is 0.496 e. The number of rotatable bonds is 3. The fourth-order valence-electron chi connectivity index (χ4n) is 1.54. The Labute approximate surface area is 141 Å². The van der Waals surface area contributed by atoms with Gasteiger partial charge in [-0.15, -0.1) is 0 Å². The van der Waals surface area contributed by atoms with Gasteiger partial charge in [-0.1, -0.05) is 15.9 Å². The monoisotopic (exact) mass is 459 g/mol. The molecule has 2 rings (SSSR count). The minimum absolute atomic E-state index is 0.465. The molecule has 20 heavy (non-hydrogen) atoms. The average molecular weight is 462 g/mol. The van der Waals surface area contributed by atoms with Crippen LogP contribution in [-0.4, -0.2) is 7.11 Å². The van der Waals surface area contributed by atoms with Crippen LogP contribution in [0.3, 0.4) is 0 Å². The van der Waals surface area contributed by atoms with E-state index >= 15 is 0 Å². The van der Waals surface area contributed by atoms with Crippen LogP contribution < -0.4 is 9.47 Å². The van der Waals surface area contributed by atoms with Crippen molar-refractivity contribution in [3.63, 3.8) is 0 Å². The molecule has 0 atom stereocenters. The summed E-state index contributed by atoms with van der Waals surface area (Å²) < 4.78 is 13.4. The van der Waals surface area contributed by atoms with Gasteiger partial charge in [0.2, 0.25) is 0 Å². The molecule has 0 heterocycles.